The van der Waals surface area contributed by atoms with Gasteiger partial charge in [0.15, 0.2) is 0 Å². The smallest absolute Gasteiger partial charge is 0.240 e. The summed E-state index contributed by atoms with van der Waals surface area (Å²) in [4.78, 5) is 14.2. The highest BCUT2D eigenvalue weighted by atomic mass is 32.2. The van der Waals surface area contributed by atoms with E-state index in [1.165, 1.54) is 7.05 Å². The van der Waals surface area contributed by atoms with Crippen LogP contribution in [0.2, 0.25) is 0 Å². The van der Waals surface area contributed by atoms with E-state index in [9.17, 15) is 13.2 Å². The minimum atomic E-state index is -3.40. The Kier molecular flexibility index (Phi) is 5.55. The molecule has 1 unspecified atom stereocenters. The number of hydrogen-bond acceptors (Lipinski definition) is 4. The van der Waals surface area contributed by atoms with E-state index in [1.54, 1.807) is 24.3 Å². The van der Waals surface area contributed by atoms with Crippen LogP contribution in [0, 0.1) is 0 Å². The molecular weight excluding hydrogens is 302 g/mol. The molecule has 7 heteroatoms. The lowest BCUT2D eigenvalue weighted by Gasteiger charge is -2.23. The lowest BCUT2D eigenvalue weighted by molar-refractivity contribution is -0.131. The van der Waals surface area contributed by atoms with Crippen LogP contribution in [0.25, 0.3) is 0 Å². The van der Waals surface area contributed by atoms with Crippen molar-refractivity contribution in [3.63, 3.8) is 0 Å². The molecule has 0 spiro atoms. The number of carbonyl (C=O) groups is 1. The molecule has 0 aromatic heterocycles. The molecule has 122 valence electrons. The van der Waals surface area contributed by atoms with Crippen LogP contribution in [-0.4, -0.2) is 52.5 Å². The summed E-state index contributed by atoms with van der Waals surface area (Å²) in [6, 6.07) is 6.94. The maximum absolute atomic E-state index is 12.2. The van der Waals surface area contributed by atoms with Crippen LogP contribution in [0.3, 0.4) is 0 Å². The van der Waals surface area contributed by atoms with Crippen LogP contribution < -0.4 is 10.0 Å². The van der Waals surface area contributed by atoms with Gasteiger partial charge < -0.3 is 10.2 Å². The fourth-order valence-electron chi connectivity index (χ4n) is 2.55. The van der Waals surface area contributed by atoms with Crippen molar-refractivity contribution in [2.75, 3.05) is 27.2 Å². The first-order chi connectivity index (χ1) is 10.4. The molecule has 22 heavy (non-hydrogen) atoms. The molecule has 2 rings (SSSR count). The second-order valence-corrected chi connectivity index (χ2v) is 7.39. The van der Waals surface area contributed by atoms with Crippen LogP contribution in [-0.2, 0) is 21.2 Å². The number of likely N-dealkylation sites (N-methyl/N-ethyl adjacent to an activating group) is 1. The Balaban J connectivity index is 1.90. The minimum Gasteiger partial charge on any atom is -0.341 e. The summed E-state index contributed by atoms with van der Waals surface area (Å²) < 4.78 is 25.6. The molecule has 1 aromatic rings. The fraction of sp³-hybridized carbons (Fsp3) is 0.533. The molecule has 0 radical (unpaired) electrons. The average molecular weight is 325 g/mol. The Morgan fingerprint density at radius 2 is 2.05 bits per heavy atom. The van der Waals surface area contributed by atoms with E-state index in [0.717, 1.165) is 25.1 Å². The number of carbonyl (C=O) groups excluding carboxylic acids is 1. The Hall–Kier alpha value is -1.44. The molecule has 0 bridgehead atoms. The van der Waals surface area contributed by atoms with Gasteiger partial charge in [0.25, 0.3) is 0 Å². The first-order valence-corrected chi connectivity index (χ1v) is 8.91. The predicted octanol–water partition coefficient (Wildman–Crippen LogP) is 0.348. The molecule has 0 aliphatic carbocycles. The summed E-state index contributed by atoms with van der Waals surface area (Å²) in [5.41, 5.74) is 0.960. The van der Waals surface area contributed by atoms with Gasteiger partial charge in [-0.25, -0.2) is 13.1 Å². The standard InChI is InChI=1S/C15H23N3O3S/c1-16-22(20,21)14-6-3-12(4-7-14)5-8-15(19)18(2)13-9-10-17-11-13/h3-4,6-7,13,16-17H,5,8-11H2,1-2H3. The van der Waals surface area contributed by atoms with Gasteiger partial charge in [-0.2, -0.15) is 0 Å². The van der Waals surface area contributed by atoms with Crippen LogP contribution >= 0.6 is 0 Å². The highest BCUT2D eigenvalue weighted by Crippen LogP contribution is 2.13. The van der Waals surface area contributed by atoms with Crippen molar-refractivity contribution >= 4 is 15.9 Å². The Morgan fingerprint density at radius 3 is 2.59 bits per heavy atom. The summed E-state index contributed by atoms with van der Waals surface area (Å²) in [6.45, 7) is 1.82. The van der Waals surface area contributed by atoms with Gasteiger partial charge in [0.2, 0.25) is 15.9 Å². The van der Waals surface area contributed by atoms with Crippen molar-refractivity contribution in [1.29, 1.82) is 0 Å². The molecule has 1 atom stereocenters. The van der Waals surface area contributed by atoms with Crippen molar-refractivity contribution in [3.8, 4) is 0 Å². The van der Waals surface area contributed by atoms with Crippen LogP contribution in [0.4, 0.5) is 0 Å². The highest BCUT2D eigenvalue weighted by molar-refractivity contribution is 7.89. The van der Waals surface area contributed by atoms with E-state index in [2.05, 4.69) is 10.0 Å². The summed E-state index contributed by atoms with van der Waals surface area (Å²) in [6.07, 6.45) is 2.05. The van der Waals surface area contributed by atoms with Crippen molar-refractivity contribution in [1.82, 2.24) is 14.9 Å². The molecular formula is C15H23N3O3S. The summed E-state index contributed by atoms with van der Waals surface area (Å²) in [5, 5.41) is 3.25. The quantitative estimate of drug-likeness (QED) is 0.791. The molecule has 1 aromatic carbocycles. The monoisotopic (exact) mass is 325 g/mol. The van der Waals surface area contributed by atoms with E-state index in [4.69, 9.17) is 0 Å². The third-order valence-corrected chi connectivity index (χ3v) is 5.54. The van der Waals surface area contributed by atoms with E-state index in [0.29, 0.717) is 12.8 Å². The molecule has 2 N–H and O–H groups in total. The minimum absolute atomic E-state index is 0.126. The first kappa shape index (κ1) is 16.9. The average Bonchev–Trinajstić information content (AvgIpc) is 3.06. The number of hydrogen-bond donors (Lipinski definition) is 2. The van der Waals surface area contributed by atoms with Gasteiger partial charge in [-0.05, 0) is 44.1 Å². The van der Waals surface area contributed by atoms with E-state index in [1.807, 2.05) is 11.9 Å². The lowest BCUT2D eigenvalue weighted by Crippen LogP contribution is -2.38. The highest BCUT2D eigenvalue weighted by Gasteiger charge is 2.22. The third kappa shape index (κ3) is 4.06. The van der Waals surface area contributed by atoms with Gasteiger partial charge in [-0.1, -0.05) is 12.1 Å². The van der Waals surface area contributed by atoms with Crippen LogP contribution in [0.15, 0.2) is 29.2 Å². The normalized spacial score (nSPS) is 18.4. The third-order valence-electron chi connectivity index (χ3n) is 4.11. The van der Waals surface area contributed by atoms with Crippen LogP contribution in [0.1, 0.15) is 18.4 Å². The summed E-state index contributed by atoms with van der Waals surface area (Å²) >= 11 is 0. The number of sulfonamides is 1. The maximum atomic E-state index is 12.2. The lowest BCUT2D eigenvalue weighted by atomic mass is 10.1. The Morgan fingerprint density at radius 1 is 1.36 bits per heavy atom. The second kappa shape index (κ2) is 7.21. The van der Waals surface area contributed by atoms with Crippen molar-refractivity contribution in [2.24, 2.45) is 0 Å². The first-order valence-electron chi connectivity index (χ1n) is 7.43. The SMILES string of the molecule is CNS(=O)(=O)c1ccc(CCC(=O)N(C)C2CCNC2)cc1. The predicted molar refractivity (Wildman–Crippen MR) is 85.1 cm³/mol. The molecule has 1 aliphatic rings. The van der Waals surface area contributed by atoms with E-state index < -0.39 is 10.0 Å². The van der Waals surface area contributed by atoms with Gasteiger partial charge in [0.05, 0.1) is 4.90 Å². The molecule has 1 fully saturated rings. The molecule has 1 heterocycles. The molecule has 0 saturated carbocycles. The van der Waals surface area contributed by atoms with Gasteiger partial charge in [-0.15, -0.1) is 0 Å². The number of rotatable bonds is 6. The van der Waals surface area contributed by atoms with Crippen molar-refractivity contribution in [2.45, 2.75) is 30.2 Å². The second-order valence-electron chi connectivity index (χ2n) is 5.50. The topological polar surface area (TPSA) is 78.5 Å². The molecule has 6 nitrogen and oxygen atoms in total. The van der Waals surface area contributed by atoms with E-state index in [-0.39, 0.29) is 16.8 Å². The Bertz CT molecular complexity index is 607. The number of nitrogens with zero attached hydrogens (tertiary/aromatic N) is 1. The molecule has 1 amide bonds. The molecule has 1 saturated heterocycles. The van der Waals surface area contributed by atoms with Gasteiger partial charge in [0.1, 0.15) is 0 Å². The number of nitrogens with one attached hydrogen (secondary N) is 2. The van der Waals surface area contributed by atoms with Crippen molar-refractivity contribution in [3.05, 3.63) is 29.8 Å². The maximum Gasteiger partial charge on any atom is 0.240 e. The number of benzene rings is 1. The zero-order valence-corrected chi connectivity index (χ0v) is 13.8. The van der Waals surface area contributed by atoms with Gasteiger partial charge in [-0.3, -0.25) is 4.79 Å². The fourth-order valence-corrected chi connectivity index (χ4v) is 3.28. The molecule has 1 aliphatic heterocycles. The zero-order chi connectivity index (χ0) is 16.2. The van der Waals surface area contributed by atoms with Gasteiger partial charge in [0, 0.05) is 26.1 Å². The number of aryl methyl sites for hydroxylation is 1. The van der Waals surface area contributed by atoms with Crippen LogP contribution in [0.5, 0.6) is 0 Å². The zero-order valence-electron chi connectivity index (χ0n) is 13.0. The van der Waals surface area contributed by atoms with Gasteiger partial charge >= 0.3 is 0 Å². The summed E-state index contributed by atoms with van der Waals surface area (Å²) in [7, 11) is -0.169. The van der Waals surface area contributed by atoms with E-state index >= 15 is 0 Å². The Labute approximate surface area is 131 Å². The number of amides is 1. The summed E-state index contributed by atoms with van der Waals surface area (Å²) in [5.74, 6) is 0.126. The van der Waals surface area contributed by atoms with Crippen molar-refractivity contribution < 1.29 is 13.2 Å². The largest absolute Gasteiger partial charge is 0.341 e.